The number of hydrogen-bond donors (Lipinski definition) is 1. The van der Waals surface area contributed by atoms with Gasteiger partial charge in [-0.25, -0.2) is 14.4 Å². The minimum atomic E-state index is -0.988. The van der Waals surface area contributed by atoms with E-state index in [2.05, 4.69) is 0 Å². The quantitative estimate of drug-likeness (QED) is 0.507. The Morgan fingerprint density at radius 3 is 2.08 bits per heavy atom. The molecule has 1 aliphatic rings. The highest BCUT2D eigenvalue weighted by atomic mass is 16.6. The third kappa shape index (κ3) is 7.23. The van der Waals surface area contributed by atoms with Crippen molar-refractivity contribution in [1.29, 1.82) is 0 Å². The SMILES string of the molecule is CC(C)N(C(=O)OC(C)(C)C)C1CC1c1ccc(COC(=O)N(C)Cc2ccc(C(=O)O)cc2)cc1. The lowest BCUT2D eigenvalue weighted by Gasteiger charge is -2.30. The van der Waals surface area contributed by atoms with E-state index in [9.17, 15) is 14.4 Å². The first kappa shape index (κ1) is 27.0. The summed E-state index contributed by atoms with van der Waals surface area (Å²) < 4.78 is 11.0. The van der Waals surface area contributed by atoms with E-state index in [0.717, 1.165) is 23.1 Å². The van der Waals surface area contributed by atoms with Crippen molar-refractivity contribution in [3.8, 4) is 0 Å². The molecule has 1 N–H and O–H groups in total. The van der Waals surface area contributed by atoms with E-state index in [4.69, 9.17) is 14.6 Å². The molecule has 8 nitrogen and oxygen atoms in total. The number of aromatic carboxylic acids is 1. The molecule has 0 heterocycles. The maximum atomic E-state index is 12.7. The van der Waals surface area contributed by atoms with Crippen LogP contribution in [0.3, 0.4) is 0 Å². The molecule has 8 heteroatoms. The molecule has 2 amide bonds. The van der Waals surface area contributed by atoms with E-state index < -0.39 is 17.7 Å². The van der Waals surface area contributed by atoms with Gasteiger partial charge in [-0.2, -0.15) is 0 Å². The highest BCUT2D eigenvalue weighted by molar-refractivity contribution is 5.87. The maximum absolute atomic E-state index is 12.7. The monoisotopic (exact) mass is 496 g/mol. The average Bonchev–Trinajstić information content (AvgIpc) is 3.56. The van der Waals surface area contributed by atoms with Crippen LogP contribution < -0.4 is 0 Å². The highest BCUT2D eigenvalue weighted by Crippen LogP contribution is 2.46. The molecule has 3 rings (SSSR count). The molecule has 0 aromatic heterocycles. The smallest absolute Gasteiger partial charge is 0.410 e. The van der Waals surface area contributed by atoms with E-state index in [1.54, 1.807) is 19.2 Å². The average molecular weight is 497 g/mol. The van der Waals surface area contributed by atoms with E-state index in [1.807, 2.05) is 63.8 Å². The minimum Gasteiger partial charge on any atom is -0.478 e. The maximum Gasteiger partial charge on any atom is 0.410 e. The molecular weight excluding hydrogens is 460 g/mol. The number of benzene rings is 2. The Morgan fingerprint density at radius 1 is 0.972 bits per heavy atom. The normalized spacial score (nSPS) is 16.9. The van der Waals surface area contributed by atoms with Crippen molar-refractivity contribution in [2.75, 3.05) is 7.05 Å². The fourth-order valence-corrected chi connectivity index (χ4v) is 4.10. The number of carbonyl (C=O) groups excluding carboxylic acids is 2. The van der Waals surface area contributed by atoms with Gasteiger partial charge in [-0.1, -0.05) is 36.4 Å². The first-order chi connectivity index (χ1) is 16.9. The molecule has 0 radical (unpaired) electrons. The molecule has 1 aliphatic carbocycles. The van der Waals surface area contributed by atoms with Crippen LogP contribution in [0.5, 0.6) is 0 Å². The van der Waals surface area contributed by atoms with Gasteiger partial charge in [-0.05, 0) is 69.9 Å². The van der Waals surface area contributed by atoms with Crippen molar-refractivity contribution in [2.45, 2.75) is 77.8 Å². The minimum absolute atomic E-state index is 0.0423. The zero-order valence-electron chi connectivity index (χ0n) is 21.9. The highest BCUT2D eigenvalue weighted by Gasteiger charge is 2.46. The third-order valence-corrected chi connectivity index (χ3v) is 5.98. The molecule has 0 aliphatic heterocycles. The van der Waals surface area contributed by atoms with Crippen LogP contribution >= 0.6 is 0 Å². The van der Waals surface area contributed by atoms with Crippen LogP contribution in [0.15, 0.2) is 48.5 Å². The van der Waals surface area contributed by atoms with Crippen molar-refractivity contribution >= 4 is 18.2 Å². The van der Waals surface area contributed by atoms with Gasteiger partial charge in [0.15, 0.2) is 0 Å². The van der Waals surface area contributed by atoms with Gasteiger partial charge in [0.25, 0.3) is 0 Å². The second-order valence-corrected chi connectivity index (χ2v) is 10.5. The molecule has 2 aromatic carbocycles. The molecule has 2 unspecified atom stereocenters. The molecule has 1 saturated carbocycles. The standard InChI is InChI=1S/C28H36N2O6/c1-18(2)30(27(34)36-28(3,4)5)24-15-23(24)21-11-9-20(10-12-21)17-35-26(33)29(6)16-19-7-13-22(14-8-19)25(31)32/h7-14,18,23-24H,15-17H2,1-6H3,(H,31,32). The summed E-state index contributed by atoms with van der Waals surface area (Å²) in [7, 11) is 1.63. The van der Waals surface area contributed by atoms with Gasteiger partial charge in [0.05, 0.1) is 5.56 Å². The number of carboxylic acid groups (broad SMARTS) is 1. The summed E-state index contributed by atoms with van der Waals surface area (Å²) in [6.45, 7) is 10.1. The number of rotatable bonds is 8. The topological polar surface area (TPSA) is 96.4 Å². The van der Waals surface area contributed by atoms with Crippen LogP contribution in [0.1, 0.15) is 74.0 Å². The summed E-state index contributed by atoms with van der Waals surface area (Å²) in [6, 6.07) is 14.5. The predicted octanol–water partition coefficient (Wildman–Crippen LogP) is 5.65. The Labute approximate surface area is 212 Å². The fourth-order valence-electron chi connectivity index (χ4n) is 4.10. The number of amides is 2. The molecular formula is C28H36N2O6. The summed E-state index contributed by atoms with van der Waals surface area (Å²) in [5.74, 6) is -0.729. The summed E-state index contributed by atoms with van der Waals surface area (Å²) in [4.78, 5) is 39.3. The first-order valence-corrected chi connectivity index (χ1v) is 12.2. The van der Waals surface area contributed by atoms with Crippen molar-refractivity contribution in [1.82, 2.24) is 9.80 Å². The molecule has 0 bridgehead atoms. The van der Waals surface area contributed by atoms with Crippen molar-refractivity contribution in [3.63, 3.8) is 0 Å². The Hall–Kier alpha value is -3.55. The van der Waals surface area contributed by atoms with E-state index in [1.165, 1.54) is 17.0 Å². The second-order valence-electron chi connectivity index (χ2n) is 10.5. The molecule has 194 valence electrons. The Kier molecular flexibility index (Phi) is 8.28. The van der Waals surface area contributed by atoms with Crippen LogP contribution in [0, 0.1) is 0 Å². The lowest BCUT2D eigenvalue weighted by atomic mass is 10.1. The Balaban J connectivity index is 1.51. The Bertz CT molecular complexity index is 1070. The fraction of sp³-hybridized carbons (Fsp3) is 0.464. The number of carbonyl (C=O) groups is 3. The largest absolute Gasteiger partial charge is 0.478 e. The van der Waals surface area contributed by atoms with E-state index >= 15 is 0 Å². The van der Waals surface area contributed by atoms with Gasteiger partial charge >= 0.3 is 18.2 Å². The molecule has 2 aromatic rings. The van der Waals surface area contributed by atoms with Crippen molar-refractivity contribution in [2.24, 2.45) is 0 Å². The number of carboxylic acids is 1. The summed E-state index contributed by atoms with van der Waals surface area (Å²) in [5, 5.41) is 8.99. The number of hydrogen-bond acceptors (Lipinski definition) is 5. The van der Waals surface area contributed by atoms with Crippen molar-refractivity contribution in [3.05, 3.63) is 70.8 Å². The predicted molar refractivity (Wildman–Crippen MR) is 136 cm³/mol. The molecule has 0 saturated heterocycles. The van der Waals surface area contributed by atoms with Gasteiger partial charge in [0.2, 0.25) is 0 Å². The molecule has 1 fully saturated rings. The lowest BCUT2D eigenvalue weighted by molar-refractivity contribution is 0.0167. The number of nitrogens with zero attached hydrogens (tertiary/aromatic N) is 2. The zero-order valence-corrected chi connectivity index (χ0v) is 21.9. The number of ether oxygens (including phenoxy) is 2. The van der Waals surface area contributed by atoms with Crippen LogP contribution in [-0.2, 0) is 22.6 Å². The Morgan fingerprint density at radius 2 is 1.56 bits per heavy atom. The molecule has 0 spiro atoms. The summed E-state index contributed by atoms with van der Waals surface area (Å²) >= 11 is 0. The molecule has 2 atom stereocenters. The van der Waals surface area contributed by atoms with Crippen LogP contribution in [-0.4, -0.2) is 57.8 Å². The van der Waals surface area contributed by atoms with E-state index in [0.29, 0.717) is 6.54 Å². The van der Waals surface area contributed by atoms with Crippen LogP contribution in [0.25, 0.3) is 0 Å². The summed E-state index contributed by atoms with van der Waals surface area (Å²) in [5.41, 5.74) is 2.49. The molecule has 36 heavy (non-hydrogen) atoms. The second kappa shape index (κ2) is 11.0. The van der Waals surface area contributed by atoms with Gasteiger partial charge in [-0.3, -0.25) is 0 Å². The van der Waals surface area contributed by atoms with Crippen LogP contribution in [0.2, 0.25) is 0 Å². The van der Waals surface area contributed by atoms with Crippen LogP contribution in [0.4, 0.5) is 9.59 Å². The van der Waals surface area contributed by atoms with Gasteiger partial charge in [0, 0.05) is 31.6 Å². The van der Waals surface area contributed by atoms with Gasteiger partial charge in [0.1, 0.15) is 12.2 Å². The van der Waals surface area contributed by atoms with Gasteiger partial charge < -0.3 is 24.4 Å². The summed E-state index contributed by atoms with van der Waals surface area (Å²) in [6.07, 6.45) is 0.147. The lowest BCUT2D eigenvalue weighted by Crippen LogP contribution is -2.42. The first-order valence-electron chi connectivity index (χ1n) is 12.2. The third-order valence-electron chi connectivity index (χ3n) is 5.98. The zero-order chi connectivity index (χ0) is 26.6. The van der Waals surface area contributed by atoms with Gasteiger partial charge in [-0.15, -0.1) is 0 Å². The van der Waals surface area contributed by atoms with E-state index in [-0.39, 0.29) is 36.3 Å². The van der Waals surface area contributed by atoms with Crippen molar-refractivity contribution < 1.29 is 29.0 Å².